The number of sulfonamides is 1. The van der Waals surface area contributed by atoms with E-state index in [2.05, 4.69) is 4.72 Å². The second-order valence-corrected chi connectivity index (χ2v) is 10.2. The molecule has 2 aromatic rings. The first-order valence-corrected chi connectivity index (χ1v) is 11.5. The molecule has 30 heavy (non-hydrogen) atoms. The Balaban J connectivity index is 1.77. The van der Waals surface area contributed by atoms with Crippen LogP contribution in [0.4, 0.5) is 11.4 Å². The number of carbonyl (C=O) groups is 2. The van der Waals surface area contributed by atoms with Crippen molar-refractivity contribution in [1.29, 1.82) is 0 Å². The van der Waals surface area contributed by atoms with Gasteiger partial charge in [-0.2, -0.15) is 0 Å². The van der Waals surface area contributed by atoms with Crippen LogP contribution >= 0.6 is 0 Å². The van der Waals surface area contributed by atoms with Gasteiger partial charge >= 0.3 is 5.97 Å². The molecule has 160 valence electrons. The third-order valence-corrected chi connectivity index (χ3v) is 5.29. The van der Waals surface area contributed by atoms with Crippen molar-refractivity contribution in [3.8, 4) is 0 Å². The number of ether oxygens (including phenoxy) is 1. The predicted octanol–water partition coefficient (Wildman–Crippen LogP) is 3.66. The Bertz CT molecular complexity index is 1090. The Hall–Kier alpha value is -2.87. The number of rotatable bonds is 5. The van der Waals surface area contributed by atoms with Crippen LogP contribution in [0.3, 0.4) is 0 Å². The van der Waals surface area contributed by atoms with Gasteiger partial charge in [0.2, 0.25) is 10.0 Å². The smallest absolute Gasteiger partial charge is 0.313 e. The maximum atomic E-state index is 12.9. The molecule has 2 aromatic carbocycles. The van der Waals surface area contributed by atoms with Crippen LogP contribution in [0.1, 0.15) is 55.1 Å². The van der Waals surface area contributed by atoms with Crippen LogP contribution in [0.2, 0.25) is 0 Å². The minimum absolute atomic E-state index is 0.199. The summed E-state index contributed by atoms with van der Waals surface area (Å²) in [6.45, 7) is 7.67. The van der Waals surface area contributed by atoms with Crippen LogP contribution in [-0.2, 0) is 26.1 Å². The van der Waals surface area contributed by atoms with Crippen molar-refractivity contribution in [1.82, 2.24) is 0 Å². The van der Waals surface area contributed by atoms with E-state index < -0.39 is 21.5 Å². The first-order chi connectivity index (χ1) is 13.8. The highest BCUT2D eigenvalue weighted by molar-refractivity contribution is 7.92. The predicted molar refractivity (Wildman–Crippen MR) is 116 cm³/mol. The zero-order chi connectivity index (χ0) is 22.3. The maximum absolute atomic E-state index is 12.9. The van der Waals surface area contributed by atoms with Crippen molar-refractivity contribution in [3.05, 3.63) is 59.2 Å². The topological polar surface area (TPSA) is 92.8 Å². The Labute approximate surface area is 177 Å². The molecule has 1 atom stereocenters. The molecule has 0 radical (unpaired) electrons. The molecular formula is C22H26N2O5S. The zero-order valence-corrected chi connectivity index (χ0v) is 18.5. The number of carbonyl (C=O) groups excluding carboxylic acids is 2. The lowest BCUT2D eigenvalue weighted by atomic mass is 10.0. The summed E-state index contributed by atoms with van der Waals surface area (Å²) in [5, 5.41) is 0. The lowest BCUT2D eigenvalue weighted by molar-refractivity contribution is -0.156. The quantitative estimate of drug-likeness (QED) is 0.731. The SMILES string of the molecule is CC(C(=O)OC(C)(C)C)c1ccc(N2Cc3ccc(NS(C)(=O)=O)cc3C2=O)cc1. The molecule has 8 heteroatoms. The summed E-state index contributed by atoms with van der Waals surface area (Å²) in [5.41, 5.74) is 2.60. The summed E-state index contributed by atoms with van der Waals surface area (Å²) < 4.78 is 30.7. The third-order valence-electron chi connectivity index (χ3n) is 4.68. The molecule has 0 saturated heterocycles. The number of amides is 1. The normalized spacial score (nSPS) is 15.0. The Morgan fingerprint density at radius 3 is 2.33 bits per heavy atom. The fourth-order valence-electron chi connectivity index (χ4n) is 3.26. The molecule has 3 rings (SSSR count). The van der Waals surface area contributed by atoms with E-state index in [1.807, 2.05) is 32.9 Å². The summed E-state index contributed by atoms with van der Waals surface area (Å²) in [4.78, 5) is 26.8. The first-order valence-electron chi connectivity index (χ1n) is 9.59. The van der Waals surface area contributed by atoms with E-state index in [-0.39, 0.29) is 11.9 Å². The Morgan fingerprint density at radius 1 is 1.13 bits per heavy atom. The monoisotopic (exact) mass is 430 g/mol. The van der Waals surface area contributed by atoms with Gasteiger partial charge in [0, 0.05) is 16.9 Å². The van der Waals surface area contributed by atoms with E-state index in [1.54, 1.807) is 42.2 Å². The summed E-state index contributed by atoms with van der Waals surface area (Å²) in [6, 6.07) is 12.2. The zero-order valence-electron chi connectivity index (χ0n) is 17.7. The lowest BCUT2D eigenvalue weighted by Crippen LogP contribution is -2.27. The molecule has 0 aromatic heterocycles. The third kappa shape index (κ3) is 4.99. The summed E-state index contributed by atoms with van der Waals surface area (Å²) in [6.07, 6.45) is 1.06. The van der Waals surface area contributed by atoms with Crippen molar-refractivity contribution < 1.29 is 22.7 Å². The molecule has 0 bridgehead atoms. The van der Waals surface area contributed by atoms with E-state index in [1.165, 1.54) is 0 Å². The highest BCUT2D eigenvalue weighted by atomic mass is 32.2. The van der Waals surface area contributed by atoms with Crippen molar-refractivity contribution in [3.63, 3.8) is 0 Å². The first kappa shape index (κ1) is 21.8. The fraction of sp³-hybridized carbons (Fsp3) is 0.364. The minimum Gasteiger partial charge on any atom is -0.460 e. The van der Waals surface area contributed by atoms with Crippen LogP contribution in [0.25, 0.3) is 0 Å². The molecule has 0 spiro atoms. The highest BCUT2D eigenvalue weighted by Crippen LogP contribution is 2.31. The number of nitrogens with zero attached hydrogens (tertiary/aromatic N) is 1. The van der Waals surface area contributed by atoms with E-state index in [0.717, 1.165) is 17.4 Å². The molecule has 1 N–H and O–H groups in total. The summed E-state index contributed by atoms with van der Waals surface area (Å²) in [7, 11) is -3.42. The van der Waals surface area contributed by atoms with E-state index >= 15 is 0 Å². The average Bonchev–Trinajstić information content (AvgIpc) is 2.95. The van der Waals surface area contributed by atoms with Gasteiger partial charge in [0.05, 0.1) is 18.7 Å². The van der Waals surface area contributed by atoms with Gasteiger partial charge in [-0.15, -0.1) is 0 Å². The van der Waals surface area contributed by atoms with Crippen molar-refractivity contribution >= 4 is 33.3 Å². The standard InChI is InChI=1S/C22H26N2O5S/c1-14(21(26)29-22(2,3)4)15-7-10-18(11-8-15)24-13-16-6-9-17(23-30(5,27)28)12-19(16)20(24)25/h6-12,14,23H,13H2,1-5H3. The second-order valence-electron chi connectivity index (χ2n) is 8.48. The van der Waals surface area contributed by atoms with Crippen molar-refractivity contribution in [2.75, 3.05) is 15.9 Å². The Kier molecular flexibility index (Phi) is 5.64. The van der Waals surface area contributed by atoms with E-state index in [4.69, 9.17) is 4.74 Å². The van der Waals surface area contributed by atoms with Crippen molar-refractivity contribution in [2.24, 2.45) is 0 Å². The lowest BCUT2D eigenvalue weighted by Gasteiger charge is -2.23. The van der Waals surface area contributed by atoms with Gasteiger partial charge in [-0.1, -0.05) is 18.2 Å². The molecule has 1 aliphatic heterocycles. The number of fused-ring (bicyclic) bond motifs is 1. The molecule has 1 aliphatic rings. The van der Waals surface area contributed by atoms with Crippen LogP contribution in [0.15, 0.2) is 42.5 Å². The number of hydrogen-bond acceptors (Lipinski definition) is 5. The number of anilines is 2. The van der Waals surface area contributed by atoms with Crippen LogP contribution < -0.4 is 9.62 Å². The average molecular weight is 431 g/mol. The number of benzene rings is 2. The molecule has 0 aliphatic carbocycles. The fourth-order valence-corrected chi connectivity index (χ4v) is 3.81. The maximum Gasteiger partial charge on any atom is 0.313 e. The number of hydrogen-bond donors (Lipinski definition) is 1. The van der Waals surface area contributed by atoms with E-state index in [9.17, 15) is 18.0 Å². The largest absolute Gasteiger partial charge is 0.460 e. The number of esters is 1. The van der Waals surface area contributed by atoms with Gasteiger partial charge in [-0.05, 0) is 63.1 Å². The minimum atomic E-state index is -3.42. The molecule has 1 amide bonds. The van der Waals surface area contributed by atoms with E-state index in [0.29, 0.717) is 23.5 Å². The second kappa shape index (κ2) is 7.75. The van der Waals surface area contributed by atoms with Crippen molar-refractivity contribution in [2.45, 2.75) is 45.8 Å². The summed E-state index contributed by atoms with van der Waals surface area (Å²) >= 11 is 0. The van der Waals surface area contributed by atoms with Gasteiger partial charge in [0.25, 0.3) is 5.91 Å². The Morgan fingerprint density at radius 2 is 1.77 bits per heavy atom. The van der Waals surface area contributed by atoms with Gasteiger partial charge in [0.15, 0.2) is 0 Å². The van der Waals surface area contributed by atoms with Gasteiger partial charge in [0.1, 0.15) is 5.60 Å². The molecule has 1 heterocycles. The van der Waals surface area contributed by atoms with Crippen LogP contribution in [-0.4, -0.2) is 32.2 Å². The molecular weight excluding hydrogens is 404 g/mol. The molecule has 0 fully saturated rings. The van der Waals surface area contributed by atoms with Gasteiger partial charge in [-0.25, -0.2) is 8.42 Å². The molecule has 0 saturated carbocycles. The van der Waals surface area contributed by atoms with Gasteiger partial charge < -0.3 is 9.64 Å². The highest BCUT2D eigenvalue weighted by Gasteiger charge is 2.29. The summed E-state index contributed by atoms with van der Waals surface area (Å²) in [5.74, 6) is -0.921. The van der Waals surface area contributed by atoms with Gasteiger partial charge in [-0.3, -0.25) is 14.3 Å². The van der Waals surface area contributed by atoms with Crippen LogP contribution in [0.5, 0.6) is 0 Å². The molecule has 7 nitrogen and oxygen atoms in total. The van der Waals surface area contributed by atoms with Crippen LogP contribution in [0, 0.1) is 0 Å². The number of nitrogens with one attached hydrogen (secondary N) is 1. The molecule has 1 unspecified atom stereocenters.